The molecule has 0 bridgehead atoms. The van der Waals surface area contributed by atoms with Gasteiger partial charge in [-0.1, -0.05) is 6.07 Å². The number of H-pyrrole nitrogens is 1. The maximum absolute atomic E-state index is 14.0. The van der Waals surface area contributed by atoms with E-state index in [4.69, 9.17) is 9.31 Å². The molecule has 6 rings (SSSR count). The number of imidazole rings is 1. The molecule has 3 fully saturated rings. The van der Waals surface area contributed by atoms with Crippen LogP contribution >= 0.6 is 11.8 Å². The highest BCUT2D eigenvalue weighted by Crippen LogP contribution is 2.37. The van der Waals surface area contributed by atoms with Crippen LogP contribution in [-0.2, 0) is 26.8 Å². The first-order chi connectivity index (χ1) is 22.6. The van der Waals surface area contributed by atoms with Crippen LogP contribution in [0.4, 0.5) is 24.9 Å². The van der Waals surface area contributed by atoms with Crippen molar-refractivity contribution in [1.82, 2.24) is 29.9 Å². The summed E-state index contributed by atoms with van der Waals surface area (Å²) in [6.07, 6.45) is -0.152. The molecule has 1 aliphatic carbocycles. The maximum Gasteiger partial charge on any atom is 0.494 e. The van der Waals surface area contributed by atoms with E-state index in [0.29, 0.717) is 55.7 Å². The summed E-state index contributed by atoms with van der Waals surface area (Å²) in [6.45, 7) is 10.6. The molecule has 3 aliphatic rings. The largest absolute Gasteiger partial charge is 0.494 e. The molecule has 2 saturated heterocycles. The number of aliphatic carboxylic acids is 1. The van der Waals surface area contributed by atoms with Gasteiger partial charge in [-0.15, -0.1) is 0 Å². The van der Waals surface area contributed by atoms with Crippen LogP contribution in [0.2, 0.25) is 0 Å². The zero-order valence-corrected chi connectivity index (χ0v) is 28.7. The third kappa shape index (κ3) is 7.63. The lowest BCUT2D eigenvalue weighted by Gasteiger charge is -2.44. The number of rotatable bonds is 12. The highest BCUT2D eigenvalue weighted by Gasteiger charge is 2.51. The van der Waals surface area contributed by atoms with Crippen molar-refractivity contribution in [2.45, 2.75) is 83.0 Å². The van der Waals surface area contributed by atoms with Crippen molar-refractivity contribution in [3.05, 3.63) is 41.6 Å². The predicted octanol–water partition coefficient (Wildman–Crippen LogP) is 4.72. The average molecular weight is 690 g/mol. The first-order valence-corrected chi connectivity index (χ1v) is 17.7. The zero-order valence-electron chi connectivity index (χ0n) is 27.9. The molecule has 4 heterocycles. The number of fused-ring (bicyclic) bond motifs is 1. The van der Waals surface area contributed by atoms with Crippen LogP contribution in [0.25, 0.3) is 11.0 Å². The van der Waals surface area contributed by atoms with E-state index in [9.17, 15) is 23.1 Å². The summed E-state index contributed by atoms with van der Waals surface area (Å²) in [5.74, 6) is 0.236. The molecule has 1 aromatic carbocycles. The van der Waals surface area contributed by atoms with E-state index in [1.54, 1.807) is 17.8 Å². The van der Waals surface area contributed by atoms with E-state index in [-0.39, 0.29) is 17.8 Å². The third-order valence-electron chi connectivity index (χ3n) is 9.66. The fourth-order valence-electron chi connectivity index (χ4n) is 6.23. The number of carboxylic acid groups (broad SMARTS) is 1. The molecule has 3 aromatic rings. The van der Waals surface area contributed by atoms with Crippen LogP contribution < -0.4 is 10.8 Å². The summed E-state index contributed by atoms with van der Waals surface area (Å²) in [7, 11) is -0.566. The number of carboxylic acids is 1. The van der Waals surface area contributed by atoms with Crippen molar-refractivity contribution in [3.63, 3.8) is 0 Å². The Bertz CT molecular complexity index is 1610. The molecule has 48 heavy (non-hydrogen) atoms. The number of anilines is 2. The highest BCUT2D eigenvalue weighted by molar-refractivity contribution is 7.98. The molecule has 0 spiro atoms. The molecule has 11 nitrogen and oxygen atoms in total. The summed E-state index contributed by atoms with van der Waals surface area (Å²) >= 11 is 1.63. The number of hydrogen-bond donors (Lipinski definition) is 3. The van der Waals surface area contributed by atoms with E-state index in [1.165, 1.54) is 0 Å². The van der Waals surface area contributed by atoms with Gasteiger partial charge < -0.3 is 24.7 Å². The number of carbonyl (C=O) groups is 1. The minimum Gasteiger partial charge on any atom is -0.480 e. The SMILES string of the molecule is CSCC[C@@H](C(=O)O)N(C1CC1)N1CCN(Cc2cc(Nc3nc4ccc(B5OC(C)(C)C(C)(C)O5)cc4[nH]3)nc(C(F)(F)F)c2)CC1. The molecule has 0 unspecified atom stereocenters. The number of thioether (sulfide) groups is 1. The van der Waals surface area contributed by atoms with Gasteiger partial charge in [-0.05, 0) is 94.3 Å². The van der Waals surface area contributed by atoms with Crippen molar-refractivity contribution in [1.29, 1.82) is 0 Å². The Hall–Kier alpha value is -2.89. The number of pyridine rings is 1. The number of aromatic amines is 1. The zero-order chi connectivity index (χ0) is 34.4. The topological polar surface area (TPSA) is 119 Å². The molecule has 2 aliphatic heterocycles. The number of halogens is 3. The smallest absolute Gasteiger partial charge is 0.480 e. The molecule has 1 saturated carbocycles. The van der Waals surface area contributed by atoms with Crippen molar-refractivity contribution >= 4 is 53.1 Å². The molecule has 3 N–H and O–H groups in total. The molecule has 16 heteroatoms. The summed E-state index contributed by atoms with van der Waals surface area (Å²) < 4.78 is 54.2. The Balaban J connectivity index is 1.15. The van der Waals surface area contributed by atoms with Gasteiger partial charge in [0.1, 0.15) is 17.6 Å². The Morgan fingerprint density at radius 1 is 1.12 bits per heavy atom. The number of piperazine rings is 1. The second-order valence-electron chi connectivity index (χ2n) is 13.8. The third-order valence-corrected chi connectivity index (χ3v) is 10.3. The van der Waals surface area contributed by atoms with Gasteiger partial charge in [0.25, 0.3) is 0 Å². The van der Waals surface area contributed by atoms with Crippen molar-refractivity contribution in [2.75, 3.05) is 43.5 Å². The lowest BCUT2D eigenvalue weighted by atomic mass is 9.79. The summed E-state index contributed by atoms with van der Waals surface area (Å²) in [6, 6.07) is 7.91. The van der Waals surface area contributed by atoms with Gasteiger partial charge in [-0.2, -0.15) is 24.9 Å². The van der Waals surface area contributed by atoms with Crippen molar-refractivity contribution in [3.8, 4) is 0 Å². The monoisotopic (exact) mass is 689 g/mol. The van der Waals surface area contributed by atoms with E-state index in [1.807, 2.05) is 52.1 Å². The molecule has 2 aromatic heterocycles. The average Bonchev–Trinajstić information content (AvgIpc) is 3.71. The number of hydrogen-bond acceptors (Lipinski definition) is 10. The minimum atomic E-state index is -4.63. The highest BCUT2D eigenvalue weighted by atomic mass is 32.2. The van der Waals surface area contributed by atoms with Gasteiger partial charge in [-0.25, -0.2) is 20.0 Å². The summed E-state index contributed by atoms with van der Waals surface area (Å²) in [5, 5.41) is 17.1. The number of nitrogens with one attached hydrogen (secondary N) is 2. The fraction of sp³-hybridized carbons (Fsp3) is 0.594. The molecule has 260 valence electrons. The minimum absolute atomic E-state index is 0.0294. The molecular weight excluding hydrogens is 646 g/mol. The van der Waals surface area contributed by atoms with E-state index in [2.05, 4.69) is 35.2 Å². The van der Waals surface area contributed by atoms with Crippen LogP contribution in [0.3, 0.4) is 0 Å². The number of hydrazine groups is 1. The molecular formula is C32H43BF3N7O4S. The normalized spacial score (nSPS) is 20.9. The first-order valence-electron chi connectivity index (χ1n) is 16.3. The van der Waals surface area contributed by atoms with E-state index < -0.39 is 42.2 Å². The molecule has 0 amide bonds. The molecule has 0 radical (unpaired) electrons. The lowest BCUT2D eigenvalue weighted by molar-refractivity contribution is -0.158. The Kier molecular flexibility index (Phi) is 9.79. The summed E-state index contributed by atoms with van der Waals surface area (Å²) in [5.41, 5.74) is 0.585. The Labute approximate surface area is 283 Å². The van der Waals surface area contributed by atoms with Crippen LogP contribution in [0.1, 0.15) is 58.2 Å². The number of nitrogens with zero attached hydrogens (tertiary/aromatic N) is 5. The number of benzene rings is 1. The number of alkyl halides is 3. The van der Waals surface area contributed by atoms with Gasteiger partial charge >= 0.3 is 19.3 Å². The summed E-state index contributed by atoms with van der Waals surface area (Å²) in [4.78, 5) is 25.8. The second-order valence-corrected chi connectivity index (χ2v) is 14.8. The van der Waals surface area contributed by atoms with E-state index in [0.717, 1.165) is 30.1 Å². The standard InChI is InChI=1S/C32H43BF3N7O4S/c1-30(2)31(3,4)47-33(46-30)21-6-9-23-24(18-21)38-29(37-23)40-27-17-20(16-26(39-27)32(34,35)36)19-41-11-13-42(14-12-41)43(22-7-8-22)25(28(44)45)10-15-48-5/h6,9,16-18,22,25H,7-8,10-15,19H2,1-5H3,(H,44,45)(H2,37,38,39,40)/t25-/m0/s1. The van der Waals surface area contributed by atoms with Crippen molar-refractivity contribution < 1.29 is 32.4 Å². The Morgan fingerprint density at radius 2 is 1.81 bits per heavy atom. The fourth-order valence-corrected chi connectivity index (χ4v) is 6.68. The number of aromatic nitrogens is 3. The van der Waals surface area contributed by atoms with Gasteiger partial charge in [0.2, 0.25) is 5.95 Å². The van der Waals surface area contributed by atoms with Gasteiger partial charge in [0.15, 0.2) is 0 Å². The van der Waals surface area contributed by atoms with Gasteiger partial charge in [0.05, 0.1) is 22.2 Å². The molecule has 1 atom stereocenters. The first kappa shape index (κ1) is 35.0. The van der Waals surface area contributed by atoms with Crippen molar-refractivity contribution in [2.24, 2.45) is 0 Å². The Morgan fingerprint density at radius 3 is 2.42 bits per heavy atom. The van der Waals surface area contributed by atoms with Crippen LogP contribution in [0.15, 0.2) is 30.3 Å². The van der Waals surface area contributed by atoms with Gasteiger partial charge in [0, 0.05) is 38.8 Å². The van der Waals surface area contributed by atoms with Gasteiger partial charge in [-0.3, -0.25) is 9.69 Å². The second kappa shape index (κ2) is 13.4. The van der Waals surface area contributed by atoms with E-state index >= 15 is 0 Å². The maximum atomic E-state index is 14.0. The lowest BCUT2D eigenvalue weighted by Crippen LogP contribution is -2.59. The van der Waals surface area contributed by atoms with Crippen LogP contribution in [-0.4, -0.2) is 110 Å². The van der Waals surface area contributed by atoms with Crippen LogP contribution in [0.5, 0.6) is 0 Å². The quantitative estimate of drug-likeness (QED) is 0.229. The van der Waals surface area contributed by atoms with Crippen LogP contribution in [0, 0.1) is 0 Å². The predicted molar refractivity (Wildman–Crippen MR) is 180 cm³/mol.